The number of H-pyrrole nitrogens is 1. The van der Waals surface area contributed by atoms with Crippen LogP contribution in [0.4, 0.5) is 0 Å². The zero-order valence-corrected chi connectivity index (χ0v) is 11.2. The highest BCUT2D eigenvalue weighted by Gasteiger charge is 2.17. The zero-order valence-electron chi connectivity index (χ0n) is 11.2. The van der Waals surface area contributed by atoms with Crippen molar-refractivity contribution in [2.75, 3.05) is 0 Å². The summed E-state index contributed by atoms with van der Waals surface area (Å²) in [5.74, 6) is 1.59. The van der Waals surface area contributed by atoms with Crippen molar-refractivity contribution in [3.8, 4) is 11.4 Å². The van der Waals surface area contributed by atoms with Crippen LogP contribution in [0.15, 0.2) is 30.9 Å². The number of aromatic nitrogens is 5. The molecule has 0 bridgehead atoms. The second kappa shape index (κ2) is 4.12. The molecule has 5 heteroatoms. The Morgan fingerprint density at radius 1 is 1.05 bits per heavy atom. The minimum absolute atomic E-state index is 0.0453. The average molecular weight is 253 g/mol. The molecule has 3 aromatic heterocycles. The van der Waals surface area contributed by atoms with Gasteiger partial charge in [0.05, 0.1) is 22.8 Å². The van der Waals surface area contributed by atoms with Crippen LogP contribution in [0.1, 0.15) is 26.6 Å². The van der Waals surface area contributed by atoms with E-state index < -0.39 is 0 Å². The monoisotopic (exact) mass is 253 g/mol. The average Bonchev–Trinajstić information content (AvgIpc) is 2.81. The van der Waals surface area contributed by atoms with Crippen molar-refractivity contribution in [1.29, 1.82) is 0 Å². The third-order valence-corrected chi connectivity index (χ3v) is 2.88. The molecule has 0 radical (unpaired) electrons. The largest absolute Gasteiger partial charge is 0.337 e. The first kappa shape index (κ1) is 11.8. The molecule has 0 aliphatic heterocycles. The fraction of sp³-hybridized carbons (Fsp3) is 0.286. The molecule has 96 valence electrons. The van der Waals surface area contributed by atoms with E-state index in [-0.39, 0.29) is 5.41 Å². The lowest BCUT2D eigenvalue weighted by molar-refractivity contribution is 0.545. The van der Waals surface area contributed by atoms with Gasteiger partial charge in [-0.05, 0) is 6.07 Å². The minimum Gasteiger partial charge on any atom is -0.337 e. The first-order chi connectivity index (χ1) is 9.04. The molecule has 0 unspecified atom stereocenters. The molecular weight excluding hydrogens is 238 g/mol. The molecular formula is C14H15N5. The number of aromatic amines is 1. The fourth-order valence-electron chi connectivity index (χ4n) is 1.83. The van der Waals surface area contributed by atoms with E-state index in [1.807, 2.05) is 6.07 Å². The molecule has 5 nitrogen and oxygen atoms in total. The number of nitrogens with one attached hydrogen (secondary N) is 1. The normalized spacial score (nSPS) is 11.9. The van der Waals surface area contributed by atoms with E-state index in [0.29, 0.717) is 0 Å². The highest BCUT2D eigenvalue weighted by Crippen LogP contribution is 2.21. The Morgan fingerprint density at radius 3 is 2.42 bits per heavy atom. The number of rotatable bonds is 1. The van der Waals surface area contributed by atoms with Crippen molar-refractivity contribution in [3.05, 3.63) is 36.7 Å². The van der Waals surface area contributed by atoms with E-state index in [1.54, 1.807) is 24.8 Å². The highest BCUT2D eigenvalue weighted by molar-refractivity contribution is 5.77. The molecule has 0 aliphatic carbocycles. The summed E-state index contributed by atoms with van der Waals surface area (Å²) in [4.78, 5) is 20.6. The second-order valence-corrected chi connectivity index (χ2v) is 5.52. The quantitative estimate of drug-likeness (QED) is 0.724. The second-order valence-electron chi connectivity index (χ2n) is 5.52. The zero-order chi connectivity index (χ0) is 13.5. The lowest BCUT2D eigenvalue weighted by atomic mass is 9.96. The Kier molecular flexibility index (Phi) is 2.55. The van der Waals surface area contributed by atoms with E-state index in [9.17, 15) is 0 Å². The van der Waals surface area contributed by atoms with Crippen molar-refractivity contribution in [2.24, 2.45) is 0 Å². The van der Waals surface area contributed by atoms with Gasteiger partial charge in [-0.25, -0.2) is 15.0 Å². The van der Waals surface area contributed by atoms with Crippen LogP contribution in [0.5, 0.6) is 0 Å². The first-order valence-electron chi connectivity index (χ1n) is 6.17. The van der Waals surface area contributed by atoms with E-state index in [1.165, 1.54) is 0 Å². The van der Waals surface area contributed by atoms with Crippen molar-refractivity contribution < 1.29 is 0 Å². The number of fused-ring (bicyclic) bond motifs is 1. The van der Waals surface area contributed by atoms with Crippen LogP contribution in [-0.2, 0) is 5.41 Å². The van der Waals surface area contributed by atoms with Crippen LogP contribution in [0, 0.1) is 0 Å². The van der Waals surface area contributed by atoms with Gasteiger partial charge in [0.25, 0.3) is 0 Å². The minimum atomic E-state index is -0.0453. The molecule has 0 aliphatic rings. The topological polar surface area (TPSA) is 67.3 Å². The molecule has 3 aromatic rings. The lowest BCUT2D eigenvalue weighted by Crippen LogP contribution is -2.15. The van der Waals surface area contributed by atoms with Gasteiger partial charge in [-0.3, -0.25) is 4.98 Å². The van der Waals surface area contributed by atoms with Crippen LogP contribution in [0.25, 0.3) is 22.4 Å². The van der Waals surface area contributed by atoms with Crippen molar-refractivity contribution >= 4 is 11.0 Å². The first-order valence-corrected chi connectivity index (χ1v) is 6.17. The summed E-state index contributed by atoms with van der Waals surface area (Å²) in [6.07, 6.45) is 7.10. The van der Waals surface area contributed by atoms with Crippen LogP contribution in [0.3, 0.4) is 0 Å². The number of hydrogen-bond acceptors (Lipinski definition) is 4. The Labute approximate surface area is 111 Å². The van der Waals surface area contributed by atoms with Crippen molar-refractivity contribution in [1.82, 2.24) is 24.9 Å². The Hall–Kier alpha value is -2.30. The number of imidazole rings is 1. The summed E-state index contributed by atoms with van der Waals surface area (Å²) >= 11 is 0. The maximum absolute atomic E-state index is 4.50. The Bertz CT molecular complexity index is 674. The molecule has 3 heterocycles. The molecule has 19 heavy (non-hydrogen) atoms. The third-order valence-electron chi connectivity index (χ3n) is 2.88. The van der Waals surface area contributed by atoms with E-state index >= 15 is 0 Å². The van der Waals surface area contributed by atoms with Gasteiger partial charge in [0.1, 0.15) is 11.6 Å². The molecule has 0 amide bonds. The van der Waals surface area contributed by atoms with Crippen LogP contribution in [-0.4, -0.2) is 24.9 Å². The number of hydrogen-bond donors (Lipinski definition) is 1. The van der Waals surface area contributed by atoms with E-state index in [4.69, 9.17) is 0 Å². The highest BCUT2D eigenvalue weighted by atomic mass is 15.0. The van der Waals surface area contributed by atoms with Gasteiger partial charge in [-0.1, -0.05) is 20.8 Å². The van der Waals surface area contributed by atoms with Gasteiger partial charge < -0.3 is 4.98 Å². The molecule has 0 fully saturated rings. The fourth-order valence-corrected chi connectivity index (χ4v) is 1.83. The molecule has 0 aromatic carbocycles. The molecule has 3 rings (SSSR count). The molecule has 0 atom stereocenters. The van der Waals surface area contributed by atoms with Crippen LogP contribution >= 0.6 is 0 Å². The summed E-state index contributed by atoms with van der Waals surface area (Å²) in [6.45, 7) is 6.28. The predicted molar refractivity (Wildman–Crippen MR) is 73.6 cm³/mol. The van der Waals surface area contributed by atoms with Gasteiger partial charge in [0.2, 0.25) is 0 Å². The summed E-state index contributed by atoms with van der Waals surface area (Å²) in [5, 5.41) is 0. The standard InChI is InChI=1S/C14H15N5/c1-14(2,3)13-16-6-9(7-17-13)12-18-10-4-5-15-8-11(10)19-12/h4-8H,1-3H3,(H,18,19). The van der Waals surface area contributed by atoms with E-state index in [0.717, 1.165) is 28.2 Å². The third kappa shape index (κ3) is 2.19. The van der Waals surface area contributed by atoms with Crippen LogP contribution in [0.2, 0.25) is 0 Å². The van der Waals surface area contributed by atoms with Gasteiger partial charge >= 0.3 is 0 Å². The van der Waals surface area contributed by atoms with Gasteiger partial charge in [0, 0.05) is 24.0 Å². The Balaban J connectivity index is 2.02. The molecule has 1 N–H and O–H groups in total. The van der Waals surface area contributed by atoms with Crippen molar-refractivity contribution in [2.45, 2.75) is 26.2 Å². The maximum atomic E-state index is 4.50. The van der Waals surface area contributed by atoms with Gasteiger partial charge in [-0.15, -0.1) is 0 Å². The summed E-state index contributed by atoms with van der Waals surface area (Å²) in [6, 6.07) is 1.87. The summed E-state index contributed by atoms with van der Waals surface area (Å²) in [5.41, 5.74) is 2.64. The van der Waals surface area contributed by atoms with Gasteiger partial charge in [0.15, 0.2) is 0 Å². The maximum Gasteiger partial charge on any atom is 0.141 e. The SMILES string of the molecule is CC(C)(C)c1ncc(-c2nc3ccncc3[nH]2)cn1. The summed E-state index contributed by atoms with van der Waals surface area (Å²) in [7, 11) is 0. The molecule has 0 spiro atoms. The van der Waals surface area contributed by atoms with Crippen LogP contribution < -0.4 is 0 Å². The summed E-state index contributed by atoms with van der Waals surface area (Å²) < 4.78 is 0. The smallest absolute Gasteiger partial charge is 0.141 e. The molecule has 0 saturated carbocycles. The lowest BCUT2D eigenvalue weighted by Gasteiger charge is -2.15. The number of nitrogens with zero attached hydrogens (tertiary/aromatic N) is 4. The van der Waals surface area contributed by atoms with Gasteiger partial charge in [-0.2, -0.15) is 0 Å². The van der Waals surface area contributed by atoms with Crippen molar-refractivity contribution in [3.63, 3.8) is 0 Å². The number of pyridine rings is 1. The predicted octanol–water partition coefficient (Wildman–Crippen LogP) is 2.71. The molecule has 0 saturated heterocycles. The van der Waals surface area contributed by atoms with E-state index in [2.05, 4.69) is 45.7 Å². The Morgan fingerprint density at radius 2 is 1.79 bits per heavy atom.